The van der Waals surface area contributed by atoms with E-state index in [1.54, 1.807) is 0 Å². The van der Waals surface area contributed by atoms with E-state index < -0.39 is 11.7 Å². The third kappa shape index (κ3) is 6.49. The molecule has 0 bridgehead atoms. The molecule has 2 aromatic rings. The van der Waals surface area contributed by atoms with Crippen molar-refractivity contribution in [1.82, 2.24) is 15.6 Å². The number of alkyl carbamates (subject to hydrolysis) is 1. The molecule has 25 heavy (non-hydrogen) atoms. The van der Waals surface area contributed by atoms with Gasteiger partial charge in [-0.2, -0.15) is 0 Å². The lowest BCUT2D eigenvalue weighted by Crippen LogP contribution is -2.33. The molecule has 0 saturated heterocycles. The summed E-state index contributed by atoms with van der Waals surface area (Å²) in [7, 11) is 0. The van der Waals surface area contributed by atoms with Crippen LogP contribution in [0.1, 0.15) is 39.2 Å². The Morgan fingerprint density at radius 2 is 1.76 bits per heavy atom. The van der Waals surface area contributed by atoms with Crippen LogP contribution < -0.4 is 10.6 Å². The zero-order chi connectivity index (χ0) is 18.3. The topological polar surface area (TPSA) is 83.2 Å². The van der Waals surface area contributed by atoms with Gasteiger partial charge in [-0.25, -0.2) is 4.79 Å². The van der Waals surface area contributed by atoms with Gasteiger partial charge < -0.3 is 20.4 Å². The molecule has 1 aromatic carbocycles. The molecule has 0 unspecified atom stereocenters. The van der Waals surface area contributed by atoms with E-state index in [9.17, 15) is 9.59 Å². The number of hydrogen-bond donors (Lipinski definition) is 3. The molecule has 0 spiro atoms. The molecule has 0 aliphatic rings. The van der Waals surface area contributed by atoms with Gasteiger partial charge in [0.2, 0.25) is 5.91 Å². The molecule has 1 heterocycles. The van der Waals surface area contributed by atoms with Crippen LogP contribution in [0.5, 0.6) is 0 Å². The number of hydrogen-bond acceptors (Lipinski definition) is 3. The average Bonchev–Trinajstić information content (AvgIpc) is 2.92. The Kier molecular flexibility index (Phi) is 6.44. The Labute approximate surface area is 148 Å². The minimum atomic E-state index is -0.486. The largest absolute Gasteiger partial charge is 0.444 e. The highest BCUT2D eigenvalue weighted by Gasteiger charge is 2.15. The Bertz CT molecular complexity index is 716. The maximum absolute atomic E-state index is 12.0. The van der Waals surface area contributed by atoms with Crippen LogP contribution in [-0.4, -0.2) is 35.7 Å². The molecule has 1 aromatic heterocycles. The maximum atomic E-state index is 12.0. The van der Waals surface area contributed by atoms with Crippen LogP contribution in [0.15, 0.2) is 30.5 Å². The number of fused-ring (bicyclic) bond motifs is 1. The highest BCUT2D eigenvalue weighted by Crippen LogP contribution is 2.17. The molecule has 0 fully saturated rings. The van der Waals surface area contributed by atoms with Gasteiger partial charge in [0.25, 0.3) is 0 Å². The second-order valence-electron chi connectivity index (χ2n) is 7.02. The summed E-state index contributed by atoms with van der Waals surface area (Å²) < 4.78 is 5.15. The fourth-order valence-electron chi connectivity index (χ4n) is 2.50. The summed E-state index contributed by atoms with van der Waals surface area (Å²) >= 11 is 0. The molecule has 0 saturated carbocycles. The normalized spacial score (nSPS) is 11.3. The SMILES string of the molecule is CC(C)(C)OC(=O)NCCCCNC(=O)Cc1c[nH]c2ccccc12. The second-order valence-corrected chi connectivity index (χ2v) is 7.02. The van der Waals surface area contributed by atoms with Gasteiger partial charge in [-0.15, -0.1) is 0 Å². The summed E-state index contributed by atoms with van der Waals surface area (Å²) in [5.41, 5.74) is 1.55. The van der Waals surface area contributed by atoms with Crippen LogP contribution in [0.4, 0.5) is 4.79 Å². The summed E-state index contributed by atoms with van der Waals surface area (Å²) in [5, 5.41) is 6.70. The molecule has 0 aliphatic carbocycles. The van der Waals surface area contributed by atoms with E-state index in [1.807, 2.05) is 51.2 Å². The summed E-state index contributed by atoms with van der Waals surface area (Å²) in [5.74, 6) is 0.00449. The average molecular weight is 345 g/mol. The number of aromatic nitrogens is 1. The van der Waals surface area contributed by atoms with E-state index in [0.29, 0.717) is 19.5 Å². The lowest BCUT2D eigenvalue weighted by Gasteiger charge is -2.19. The number of nitrogens with one attached hydrogen (secondary N) is 3. The van der Waals surface area contributed by atoms with Gasteiger partial charge in [-0.05, 0) is 45.2 Å². The minimum Gasteiger partial charge on any atom is -0.444 e. The summed E-state index contributed by atoms with van der Waals surface area (Å²) in [6.45, 7) is 6.62. The first-order chi connectivity index (χ1) is 11.8. The highest BCUT2D eigenvalue weighted by atomic mass is 16.6. The van der Waals surface area contributed by atoms with E-state index in [1.165, 1.54) is 0 Å². The van der Waals surface area contributed by atoms with Crippen LogP contribution in [0.2, 0.25) is 0 Å². The van der Waals surface area contributed by atoms with E-state index in [-0.39, 0.29) is 5.91 Å². The van der Waals surface area contributed by atoms with Crippen LogP contribution in [-0.2, 0) is 16.0 Å². The number of carbonyl (C=O) groups excluding carboxylic acids is 2. The van der Waals surface area contributed by atoms with Crippen molar-refractivity contribution in [3.63, 3.8) is 0 Å². The number of aromatic amines is 1. The van der Waals surface area contributed by atoms with E-state index in [4.69, 9.17) is 4.74 Å². The van der Waals surface area contributed by atoms with Gasteiger partial charge in [-0.3, -0.25) is 4.79 Å². The first-order valence-corrected chi connectivity index (χ1v) is 8.64. The predicted molar refractivity (Wildman–Crippen MR) is 98.5 cm³/mol. The molecular formula is C19H27N3O3. The summed E-state index contributed by atoms with van der Waals surface area (Å²) in [6, 6.07) is 7.94. The smallest absolute Gasteiger partial charge is 0.407 e. The Morgan fingerprint density at radius 3 is 2.48 bits per heavy atom. The van der Waals surface area contributed by atoms with Crippen LogP contribution in [0.3, 0.4) is 0 Å². The minimum absolute atomic E-state index is 0.00449. The van der Waals surface area contributed by atoms with Crippen LogP contribution in [0.25, 0.3) is 10.9 Å². The van der Waals surface area contributed by atoms with Gasteiger partial charge in [0.05, 0.1) is 6.42 Å². The predicted octanol–water partition coefficient (Wildman–Crippen LogP) is 3.13. The van der Waals surface area contributed by atoms with E-state index >= 15 is 0 Å². The Morgan fingerprint density at radius 1 is 1.08 bits per heavy atom. The second kappa shape index (κ2) is 8.55. The maximum Gasteiger partial charge on any atom is 0.407 e. The fourth-order valence-corrected chi connectivity index (χ4v) is 2.50. The number of amides is 2. The van der Waals surface area contributed by atoms with Crippen molar-refractivity contribution >= 4 is 22.9 Å². The quantitative estimate of drug-likeness (QED) is 0.674. The standard InChI is InChI=1S/C19H27N3O3/c1-19(2,3)25-18(24)21-11-7-6-10-20-17(23)12-14-13-22-16-9-5-4-8-15(14)16/h4-5,8-9,13,22H,6-7,10-12H2,1-3H3,(H,20,23)(H,21,24). The van der Waals surface area contributed by atoms with E-state index in [0.717, 1.165) is 29.3 Å². The summed E-state index contributed by atoms with van der Waals surface area (Å²) in [6.07, 6.45) is 3.42. The van der Waals surface area contributed by atoms with Gasteiger partial charge in [0.1, 0.15) is 5.60 Å². The Hall–Kier alpha value is -2.50. The fraction of sp³-hybridized carbons (Fsp3) is 0.474. The first-order valence-electron chi connectivity index (χ1n) is 8.64. The van der Waals surface area contributed by atoms with Crippen molar-refractivity contribution in [1.29, 1.82) is 0 Å². The van der Waals surface area contributed by atoms with E-state index in [2.05, 4.69) is 15.6 Å². The van der Waals surface area contributed by atoms with Gasteiger partial charge in [-0.1, -0.05) is 18.2 Å². The van der Waals surface area contributed by atoms with Crippen molar-refractivity contribution in [3.8, 4) is 0 Å². The number of benzene rings is 1. The molecular weight excluding hydrogens is 318 g/mol. The number of para-hydroxylation sites is 1. The van der Waals surface area contributed by atoms with Crippen LogP contribution >= 0.6 is 0 Å². The van der Waals surface area contributed by atoms with Crippen molar-refractivity contribution in [3.05, 3.63) is 36.0 Å². The van der Waals surface area contributed by atoms with Crippen LogP contribution in [0, 0.1) is 0 Å². The monoisotopic (exact) mass is 345 g/mol. The summed E-state index contributed by atoms with van der Waals surface area (Å²) in [4.78, 5) is 26.7. The first kappa shape index (κ1) is 18.8. The molecule has 2 amide bonds. The van der Waals surface area contributed by atoms with Crippen molar-refractivity contribution in [2.75, 3.05) is 13.1 Å². The molecule has 0 atom stereocenters. The number of rotatable bonds is 7. The third-order valence-electron chi connectivity index (χ3n) is 3.62. The van der Waals surface area contributed by atoms with Crippen molar-refractivity contribution in [2.24, 2.45) is 0 Å². The zero-order valence-electron chi connectivity index (χ0n) is 15.1. The molecule has 3 N–H and O–H groups in total. The molecule has 0 radical (unpaired) electrons. The van der Waals surface area contributed by atoms with Gasteiger partial charge in [0, 0.05) is 30.2 Å². The Balaban J connectivity index is 1.61. The molecule has 2 rings (SSSR count). The highest BCUT2D eigenvalue weighted by molar-refractivity contribution is 5.88. The van der Waals surface area contributed by atoms with Crippen molar-refractivity contribution < 1.29 is 14.3 Å². The number of carbonyl (C=O) groups is 2. The lowest BCUT2D eigenvalue weighted by molar-refractivity contribution is -0.120. The molecule has 136 valence electrons. The number of H-pyrrole nitrogens is 1. The lowest BCUT2D eigenvalue weighted by atomic mass is 10.1. The third-order valence-corrected chi connectivity index (χ3v) is 3.62. The molecule has 0 aliphatic heterocycles. The zero-order valence-corrected chi connectivity index (χ0v) is 15.1. The van der Waals surface area contributed by atoms with Gasteiger partial charge >= 0.3 is 6.09 Å². The van der Waals surface area contributed by atoms with Crippen molar-refractivity contribution in [2.45, 2.75) is 45.6 Å². The van der Waals surface area contributed by atoms with Gasteiger partial charge in [0.15, 0.2) is 0 Å². The molecule has 6 heteroatoms. The number of ether oxygens (including phenoxy) is 1. The molecule has 6 nitrogen and oxygen atoms in total. The number of unbranched alkanes of at least 4 members (excludes halogenated alkanes) is 1.